The zero-order valence-corrected chi connectivity index (χ0v) is 12.2. The number of carbonyl (C=O) groups excluding carboxylic acids is 1. The third-order valence-corrected chi connectivity index (χ3v) is 4.51. The molecule has 20 heavy (non-hydrogen) atoms. The average molecular weight is 292 g/mol. The SMILES string of the molecule is Cn1c(=O)n(C)c2cc(NC(=O)C3CSCN3)ccc21. The van der Waals surface area contributed by atoms with Gasteiger partial charge in [-0.05, 0) is 18.2 Å². The van der Waals surface area contributed by atoms with E-state index in [0.29, 0.717) is 5.69 Å². The molecule has 1 atom stereocenters. The first-order valence-electron chi connectivity index (χ1n) is 6.35. The first-order chi connectivity index (χ1) is 9.58. The molecule has 0 spiro atoms. The van der Waals surface area contributed by atoms with Crippen molar-refractivity contribution < 1.29 is 4.79 Å². The molecule has 2 aromatic rings. The van der Waals surface area contributed by atoms with E-state index >= 15 is 0 Å². The lowest BCUT2D eigenvalue weighted by Crippen LogP contribution is -2.37. The van der Waals surface area contributed by atoms with Gasteiger partial charge in [-0.15, -0.1) is 11.8 Å². The minimum Gasteiger partial charge on any atom is -0.325 e. The Bertz CT molecular complexity index is 728. The van der Waals surface area contributed by atoms with Crippen molar-refractivity contribution in [3.05, 3.63) is 28.7 Å². The first kappa shape index (κ1) is 13.3. The molecule has 2 N–H and O–H groups in total. The fourth-order valence-corrected chi connectivity index (χ4v) is 3.32. The Hall–Kier alpha value is -1.73. The van der Waals surface area contributed by atoms with E-state index in [2.05, 4.69) is 10.6 Å². The van der Waals surface area contributed by atoms with Crippen LogP contribution >= 0.6 is 11.8 Å². The molecule has 1 saturated heterocycles. The number of aromatic nitrogens is 2. The summed E-state index contributed by atoms with van der Waals surface area (Å²) in [6, 6.07) is 5.36. The summed E-state index contributed by atoms with van der Waals surface area (Å²) in [5, 5.41) is 6.02. The lowest BCUT2D eigenvalue weighted by molar-refractivity contribution is -0.117. The highest BCUT2D eigenvalue weighted by atomic mass is 32.2. The van der Waals surface area contributed by atoms with Gasteiger partial charge in [0.25, 0.3) is 0 Å². The number of imidazole rings is 1. The molecule has 6 nitrogen and oxygen atoms in total. The van der Waals surface area contributed by atoms with Crippen LogP contribution in [0.3, 0.4) is 0 Å². The van der Waals surface area contributed by atoms with Crippen molar-refractivity contribution in [2.24, 2.45) is 14.1 Å². The summed E-state index contributed by atoms with van der Waals surface area (Å²) in [7, 11) is 3.47. The predicted molar refractivity (Wildman–Crippen MR) is 81.0 cm³/mol. The number of carbonyl (C=O) groups is 1. The van der Waals surface area contributed by atoms with E-state index in [1.807, 2.05) is 18.2 Å². The summed E-state index contributed by atoms with van der Waals surface area (Å²) < 4.78 is 3.17. The van der Waals surface area contributed by atoms with Gasteiger partial charge < -0.3 is 5.32 Å². The normalized spacial score (nSPS) is 18.6. The minimum absolute atomic E-state index is 0.0321. The number of nitrogens with zero attached hydrogens (tertiary/aromatic N) is 2. The molecular formula is C13H16N4O2S. The molecule has 0 aliphatic carbocycles. The summed E-state index contributed by atoms with van der Waals surface area (Å²) in [5.74, 6) is 1.57. The van der Waals surface area contributed by atoms with E-state index in [1.165, 1.54) is 0 Å². The van der Waals surface area contributed by atoms with E-state index in [4.69, 9.17) is 0 Å². The number of nitrogens with one attached hydrogen (secondary N) is 2. The quantitative estimate of drug-likeness (QED) is 0.845. The Morgan fingerprint density at radius 2 is 2.10 bits per heavy atom. The maximum Gasteiger partial charge on any atom is 0.328 e. The zero-order chi connectivity index (χ0) is 14.3. The van der Waals surface area contributed by atoms with Crippen molar-refractivity contribution >= 4 is 34.4 Å². The van der Waals surface area contributed by atoms with Crippen molar-refractivity contribution in [2.45, 2.75) is 6.04 Å². The molecule has 1 aliphatic rings. The van der Waals surface area contributed by atoms with Crippen LogP contribution in [-0.4, -0.2) is 32.7 Å². The summed E-state index contributed by atoms with van der Waals surface area (Å²) >= 11 is 1.71. The Morgan fingerprint density at radius 1 is 1.35 bits per heavy atom. The van der Waals surface area contributed by atoms with Crippen LogP contribution in [0, 0.1) is 0 Å². The molecule has 1 fully saturated rings. The van der Waals surface area contributed by atoms with Crippen LogP contribution in [0.4, 0.5) is 5.69 Å². The monoisotopic (exact) mass is 292 g/mol. The second kappa shape index (κ2) is 4.99. The maximum atomic E-state index is 12.0. The number of thioether (sulfide) groups is 1. The van der Waals surface area contributed by atoms with Crippen LogP contribution in [0.2, 0.25) is 0 Å². The molecule has 0 radical (unpaired) electrons. The van der Waals surface area contributed by atoms with E-state index in [0.717, 1.165) is 22.7 Å². The number of benzene rings is 1. The summed E-state index contributed by atoms with van der Waals surface area (Å²) in [5.41, 5.74) is 2.30. The van der Waals surface area contributed by atoms with Crippen LogP contribution in [-0.2, 0) is 18.9 Å². The van der Waals surface area contributed by atoms with Crippen molar-refractivity contribution in [3.8, 4) is 0 Å². The van der Waals surface area contributed by atoms with Crippen molar-refractivity contribution in [1.29, 1.82) is 0 Å². The van der Waals surface area contributed by atoms with E-state index in [-0.39, 0.29) is 17.6 Å². The molecule has 0 saturated carbocycles. The molecule has 1 aromatic heterocycles. The Morgan fingerprint density at radius 3 is 2.80 bits per heavy atom. The van der Waals surface area contributed by atoms with Crippen LogP contribution in [0.15, 0.2) is 23.0 Å². The Labute approximate surface area is 120 Å². The molecule has 1 aliphatic heterocycles. The largest absolute Gasteiger partial charge is 0.328 e. The van der Waals surface area contributed by atoms with Gasteiger partial charge in [-0.1, -0.05) is 0 Å². The van der Waals surface area contributed by atoms with Gasteiger partial charge in [0.05, 0.1) is 17.1 Å². The molecule has 3 rings (SSSR count). The molecule has 0 bridgehead atoms. The fraction of sp³-hybridized carbons (Fsp3) is 0.385. The van der Waals surface area contributed by atoms with Gasteiger partial charge in [0.15, 0.2) is 0 Å². The second-order valence-electron chi connectivity index (χ2n) is 4.87. The number of hydrogen-bond donors (Lipinski definition) is 2. The number of fused-ring (bicyclic) bond motifs is 1. The van der Waals surface area contributed by atoms with Gasteiger partial charge in [0, 0.05) is 31.4 Å². The van der Waals surface area contributed by atoms with E-state index in [9.17, 15) is 9.59 Å². The van der Waals surface area contributed by atoms with Crippen LogP contribution < -0.4 is 16.3 Å². The zero-order valence-electron chi connectivity index (χ0n) is 11.3. The van der Waals surface area contributed by atoms with Gasteiger partial charge in [-0.25, -0.2) is 4.79 Å². The Kier molecular flexibility index (Phi) is 3.31. The van der Waals surface area contributed by atoms with Crippen LogP contribution in [0.5, 0.6) is 0 Å². The molecule has 1 amide bonds. The number of aryl methyl sites for hydroxylation is 2. The molecular weight excluding hydrogens is 276 g/mol. The lowest BCUT2D eigenvalue weighted by atomic mass is 10.2. The molecule has 2 heterocycles. The molecule has 106 valence electrons. The number of hydrogen-bond acceptors (Lipinski definition) is 4. The third-order valence-electron chi connectivity index (χ3n) is 3.57. The topological polar surface area (TPSA) is 68.1 Å². The van der Waals surface area contributed by atoms with Crippen molar-refractivity contribution in [3.63, 3.8) is 0 Å². The van der Waals surface area contributed by atoms with Gasteiger partial charge in [-0.2, -0.15) is 0 Å². The standard InChI is InChI=1S/C13H16N4O2S/c1-16-10-4-3-8(5-11(10)17(2)13(16)19)15-12(18)9-6-20-7-14-9/h3-5,9,14H,6-7H2,1-2H3,(H,15,18). The van der Waals surface area contributed by atoms with Crippen LogP contribution in [0.1, 0.15) is 0 Å². The number of rotatable bonds is 2. The maximum absolute atomic E-state index is 12.0. The lowest BCUT2D eigenvalue weighted by Gasteiger charge is -2.10. The summed E-state index contributed by atoms with van der Waals surface area (Å²) in [4.78, 5) is 23.9. The average Bonchev–Trinajstić information content (AvgIpc) is 3.04. The molecule has 1 unspecified atom stereocenters. The van der Waals surface area contributed by atoms with Gasteiger partial charge in [0.1, 0.15) is 0 Å². The predicted octanol–water partition coefficient (Wildman–Crippen LogP) is 0.478. The van der Waals surface area contributed by atoms with Crippen molar-refractivity contribution in [2.75, 3.05) is 16.9 Å². The van der Waals surface area contributed by atoms with Crippen LogP contribution in [0.25, 0.3) is 11.0 Å². The number of anilines is 1. The smallest absolute Gasteiger partial charge is 0.325 e. The highest BCUT2D eigenvalue weighted by molar-refractivity contribution is 7.99. The minimum atomic E-state index is -0.143. The van der Waals surface area contributed by atoms with Gasteiger partial charge >= 0.3 is 5.69 Å². The molecule has 1 aromatic carbocycles. The number of amides is 1. The van der Waals surface area contributed by atoms with E-state index < -0.39 is 0 Å². The highest BCUT2D eigenvalue weighted by Gasteiger charge is 2.22. The first-order valence-corrected chi connectivity index (χ1v) is 7.51. The fourth-order valence-electron chi connectivity index (χ4n) is 2.38. The van der Waals surface area contributed by atoms with E-state index in [1.54, 1.807) is 35.0 Å². The third kappa shape index (κ3) is 2.12. The summed E-state index contributed by atoms with van der Waals surface area (Å²) in [6.07, 6.45) is 0. The summed E-state index contributed by atoms with van der Waals surface area (Å²) in [6.45, 7) is 0. The molecule has 7 heteroatoms. The van der Waals surface area contributed by atoms with Gasteiger partial charge in [-0.3, -0.25) is 19.2 Å². The van der Waals surface area contributed by atoms with Crippen molar-refractivity contribution in [1.82, 2.24) is 14.5 Å². The Balaban J connectivity index is 1.91. The highest BCUT2D eigenvalue weighted by Crippen LogP contribution is 2.18. The second-order valence-corrected chi connectivity index (χ2v) is 5.90. The van der Waals surface area contributed by atoms with Gasteiger partial charge in [0.2, 0.25) is 5.91 Å².